The molecule has 0 spiro atoms. The summed E-state index contributed by atoms with van der Waals surface area (Å²) in [5.74, 6) is -0.313. The molecule has 5 nitrogen and oxygen atoms in total. The van der Waals surface area contributed by atoms with E-state index in [0.717, 1.165) is 0 Å². The van der Waals surface area contributed by atoms with Crippen molar-refractivity contribution < 1.29 is 19.1 Å². The molecule has 72 valence electrons. The van der Waals surface area contributed by atoms with Crippen molar-refractivity contribution in [2.45, 2.75) is 12.6 Å². The molecular weight excluding hydrogens is 174 g/mol. The zero-order valence-electron chi connectivity index (χ0n) is 7.19. The van der Waals surface area contributed by atoms with Gasteiger partial charge in [-0.3, -0.25) is 4.79 Å². The highest BCUT2D eigenvalue weighted by molar-refractivity contribution is 5.74. The van der Waals surface area contributed by atoms with Crippen LogP contribution in [0.3, 0.4) is 0 Å². The topological polar surface area (TPSA) is 85.7 Å². The highest BCUT2D eigenvalue weighted by atomic mass is 16.5. The van der Waals surface area contributed by atoms with Gasteiger partial charge in [0.1, 0.15) is 18.1 Å². The average molecular weight is 185 g/mol. The molecule has 0 aliphatic rings. The van der Waals surface area contributed by atoms with Crippen molar-refractivity contribution in [1.82, 2.24) is 0 Å². The Balaban J connectivity index is 2.73. The molecule has 13 heavy (non-hydrogen) atoms. The maximum atomic E-state index is 10.5. The molecule has 1 aromatic heterocycles. The molecule has 1 heterocycles. The van der Waals surface area contributed by atoms with Gasteiger partial charge >= 0.3 is 5.97 Å². The maximum Gasteiger partial charge on any atom is 0.328 e. The summed E-state index contributed by atoms with van der Waals surface area (Å²) in [6.45, 7) is 0.312. The molecule has 0 radical (unpaired) electrons. The molecule has 0 fully saturated rings. The average Bonchev–Trinajstić information content (AvgIpc) is 2.52. The molecule has 3 N–H and O–H groups in total. The number of hydrogen-bond acceptors (Lipinski definition) is 4. The molecule has 1 rings (SSSR count). The molecule has 0 saturated heterocycles. The molecule has 1 unspecified atom stereocenters. The Labute approximate surface area is 75.1 Å². The van der Waals surface area contributed by atoms with Gasteiger partial charge in [-0.15, -0.1) is 0 Å². The summed E-state index contributed by atoms with van der Waals surface area (Å²) in [6.07, 6.45) is 0. The van der Waals surface area contributed by atoms with Crippen LogP contribution in [0.5, 0.6) is 0 Å². The minimum atomic E-state index is -1.11. The Morgan fingerprint density at radius 2 is 2.46 bits per heavy atom. The van der Waals surface area contributed by atoms with Gasteiger partial charge in [0.05, 0.1) is 0 Å². The van der Waals surface area contributed by atoms with Crippen LogP contribution in [0.1, 0.15) is 17.6 Å². The molecule has 1 atom stereocenters. The first-order valence-corrected chi connectivity index (χ1v) is 3.71. The summed E-state index contributed by atoms with van der Waals surface area (Å²) in [5.41, 5.74) is 5.31. The van der Waals surface area contributed by atoms with Crippen molar-refractivity contribution in [1.29, 1.82) is 0 Å². The second-order valence-corrected chi connectivity index (χ2v) is 2.55. The van der Waals surface area contributed by atoms with E-state index >= 15 is 0 Å². The third-order valence-corrected chi connectivity index (χ3v) is 1.54. The van der Waals surface area contributed by atoms with Crippen molar-refractivity contribution >= 4 is 5.97 Å². The van der Waals surface area contributed by atoms with E-state index in [2.05, 4.69) is 0 Å². The summed E-state index contributed by atoms with van der Waals surface area (Å²) in [4.78, 5) is 10.5. The fraction of sp³-hybridized carbons (Fsp3) is 0.375. The van der Waals surface area contributed by atoms with Gasteiger partial charge in [0.2, 0.25) is 0 Å². The normalized spacial score (nSPS) is 12.8. The van der Waals surface area contributed by atoms with Gasteiger partial charge < -0.3 is 20.0 Å². The number of ether oxygens (including phenoxy) is 1. The zero-order valence-corrected chi connectivity index (χ0v) is 7.19. The second kappa shape index (κ2) is 4.06. The second-order valence-electron chi connectivity index (χ2n) is 2.55. The number of methoxy groups -OCH3 is 1. The van der Waals surface area contributed by atoms with E-state index in [0.29, 0.717) is 12.4 Å². The number of furan rings is 1. The molecule has 0 bridgehead atoms. The Bertz CT molecular complexity index is 294. The Hall–Kier alpha value is -1.33. The van der Waals surface area contributed by atoms with E-state index in [1.54, 1.807) is 6.07 Å². The van der Waals surface area contributed by atoms with Crippen LogP contribution in [0.4, 0.5) is 0 Å². The van der Waals surface area contributed by atoms with Crippen molar-refractivity contribution in [3.05, 3.63) is 23.7 Å². The summed E-state index contributed by atoms with van der Waals surface area (Å²) in [6, 6.07) is 2.07. The first kappa shape index (κ1) is 9.76. The van der Waals surface area contributed by atoms with Gasteiger partial charge in [0, 0.05) is 7.11 Å². The maximum absolute atomic E-state index is 10.5. The molecular formula is C8H11NO4. The fourth-order valence-corrected chi connectivity index (χ4v) is 0.903. The predicted octanol–water partition coefficient (Wildman–Crippen LogP) is 0.510. The lowest BCUT2D eigenvalue weighted by Crippen LogP contribution is -2.19. The minimum absolute atomic E-state index is 0.236. The van der Waals surface area contributed by atoms with Crippen LogP contribution in [0.2, 0.25) is 0 Å². The zero-order chi connectivity index (χ0) is 9.84. The number of nitrogens with two attached hydrogens (primary N) is 1. The van der Waals surface area contributed by atoms with Crippen LogP contribution in [-0.4, -0.2) is 18.2 Å². The van der Waals surface area contributed by atoms with Gasteiger partial charge in [-0.25, -0.2) is 0 Å². The molecule has 5 heteroatoms. The van der Waals surface area contributed by atoms with Crippen molar-refractivity contribution in [2.24, 2.45) is 5.73 Å². The van der Waals surface area contributed by atoms with Gasteiger partial charge in [0.25, 0.3) is 0 Å². The van der Waals surface area contributed by atoms with E-state index in [1.165, 1.54) is 13.2 Å². The fourth-order valence-electron chi connectivity index (χ4n) is 0.903. The molecule has 1 aromatic rings. The molecule has 0 aromatic carbocycles. The van der Waals surface area contributed by atoms with Crippen LogP contribution < -0.4 is 5.73 Å². The first-order chi connectivity index (χ1) is 6.15. The predicted molar refractivity (Wildman–Crippen MR) is 44.0 cm³/mol. The highest BCUT2D eigenvalue weighted by Crippen LogP contribution is 2.15. The third kappa shape index (κ3) is 2.30. The highest BCUT2D eigenvalue weighted by Gasteiger charge is 2.17. The lowest BCUT2D eigenvalue weighted by Gasteiger charge is -2.01. The lowest BCUT2D eigenvalue weighted by molar-refractivity contribution is -0.139. The Morgan fingerprint density at radius 3 is 3.00 bits per heavy atom. The Morgan fingerprint density at radius 1 is 1.77 bits per heavy atom. The SMILES string of the molecule is COCc1ccc(C(N)C(=O)O)o1. The van der Waals surface area contributed by atoms with Crippen LogP contribution in [0.25, 0.3) is 0 Å². The van der Waals surface area contributed by atoms with E-state index in [9.17, 15) is 4.79 Å². The minimum Gasteiger partial charge on any atom is -0.480 e. The van der Waals surface area contributed by atoms with E-state index in [-0.39, 0.29) is 5.76 Å². The van der Waals surface area contributed by atoms with E-state index < -0.39 is 12.0 Å². The summed E-state index contributed by atoms with van der Waals surface area (Å²) in [7, 11) is 1.53. The molecule has 0 saturated carbocycles. The smallest absolute Gasteiger partial charge is 0.328 e. The molecule has 0 aliphatic heterocycles. The van der Waals surface area contributed by atoms with Crippen LogP contribution in [-0.2, 0) is 16.1 Å². The quantitative estimate of drug-likeness (QED) is 0.713. The number of hydrogen-bond donors (Lipinski definition) is 2. The van der Waals surface area contributed by atoms with Gasteiger partial charge in [-0.05, 0) is 12.1 Å². The number of carboxylic acids is 1. The number of carboxylic acid groups (broad SMARTS) is 1. The largest absolute Gasteiger partial charge is 0.480 e. The van der Waals surface area contributed by atoms with Gasteiger partial charge in [-0.1, -0.05) is 0 Å². The van der Waals surface area contributed by atoms with E-state index in [4.69, 9.17) is 20.0 Å². The molecule has 0 aliphatic carbocycles. The first-order valence-electron chi connectivity index (χ1n) is 3.71. The van der Waals surface area contributed by atoms with Crippen molar-refractivity contribution in [3.8, 4) is 0 Å². The summed E-state index contributed by atoms with van der Waals surface area (Å²) < 4.78 is 9.92. The number of rotatable bonds is 4. The summed E-state index contributed by atoms with van der Waals surface area (Å²) >= 11 is 0. The number of aliphatic carboxylic acids is 1. The van der Waals surface area contributed by atoms with Gasteiger partial charge in [0.15, 0.2) is 6.04 Å². The number of carbonyl (C=O) groups is 1. The monoisotopic (exact) mass is 185 g/mol. The molecule has 0 amide bonds. The third-order valence-electron chi connectivity index (χ3n) is 1.54. The van der Waals surface area contributed by atoms with E-state index in [1.807, 2.05) is 0 Å². The standard InChI is InChI=1S/C8H11NO4/c1-12-4-5-2-3-6(13-5)7(9)8(10)11/h2-3,7H,4,9H2,1H3,(H,10,11). The Kier molecular flexibility index (Phi) is 3.05. The van der Waals surface area contributed by atoms with Crippen molar-refractivity contribution in [2.75, 3.05) is 7.11 Å². The lowest BCUT2D eigenvalue weighted by atomic mass is 10.2. The van der Waals surface area contributed by atoms with Gasteiger partial charge in [-0.2, -0.15) is 0 Å². The van der Waals surface area contributed by atoms with Crippen molar-refractivity contribution in [3.63, 3.8) is 0 Å². The van der Waals surface area contributed by atoms with Crippen LogP contribution in [0.15, 0.2) is 16.5 Å². The van der Waals surface area contributed by atoms with Crippen LogP contribution in [0, 0.1) is 0 Å². The van der Waals surface area contributed by atoms with Crippen LogP contribution >= 0.6 is 0 Å². The summed E-state index contributed by atoms with van der Waals surface area (Å²) in [5, 5.41) is 8.56.